The first-order chi connectivity index (χ1) is 13.8. The predicted molar refractivity (Wildman–Crippen MR) is 108 cm³/mol. The summed E-state index contributed by atoms with van der Waals surface area (Å²) in [4.78, 5) is 13.0. The maximum Gasteiger partial charge on any atom is 0.194 e. The van der Waals surface area contributed by atoms with Gasteiger partial charge in [0.15, 0.2) is 5.78 Å². The molecule has 2 N–H and O–H groups in total. The van der Waals surface area contributed by atoms with Gasteiger partial charge in [0.25, 0.3) is 0 Å². The normalized spacial score (nSPS) is 19.9. The fourth-order valence-electron chi connectivity index (χ4n) is 4.40. The molecule has 0 radical (unpaired) electrons. The summed E-state index contributed by atoms with van der Waals surface area (Å²) < 4.78 is 12.3. The van der Waals surface area contributed by atoms with Crippen LogP contribution in [-0.4, -0.2) is 44.2 Å². The summed E-state index contributed by atoms with van der Waals surface area (Å²) in [7, 11) is 0. The van der Waals surface area contributed by atoms with E-state index in [0.29, 0.717) is 0 Å². The Bertz CT molecular complexity index is 812. The van der Waals surface area contributed by atoms with Crippen molar-refractivity contribution in [1.29, 1.82) is 0 Å². The third-order valence-electron chi connectivity index (χ3n) is 5.94. The van der Waals surface area contributed by atoms with E-state index in [2.05, 4.69) is 10.6 Å². The summed E-state index contributed by atoms with van der Waals surface area (Å²) in [5, 5.41) is 6.69. The second-order valence-corrected chi connectivity index (χ2v) is 7.88. The third-order valence-corrected chi connectivity index (χ3v) is 5.94. The van der Waals surface area contributed by atoms with E-state index in [1.54, 1.807) is 0 Å². The molecule has 2 heterocycles. The number of carbonyl (C=O) groups is 1. The van der Waals surface area contributed by atoms with E-state index in [-0.39, 0.29) is 18.0 Å². The van der Waals surface area contributed by atoms with Crippen LogP contribution in [-0.2, 0) is 0 Å². The Morgan fingerprint density at radius 2 is 1.07 bits per heavy atom. The van der Waals surface area contributed by atoms with Crippen molar-refractivity contribution < 1.29 is 14.3 Å². The highest BCUT2D eigenvalue weighted by molar-refractivity contribution is 6.22. The molecule has 5 rings (SSSR count). The number of piperidine rings is 2. The van der Waals surface area contributed by atoms with Gasteiger partial charge in [-0.15, -0.1) is 0 Å². The van der Waals surface area contributed by atoms with Crippen LogP contribution in [0.4, 0.5) is 0 Å². The van der Waals surface area contributed by atoms with Crippen molar-refractivity contribution in [2.24, 2.45) is 0 Å². The molecule has 0 bridgehead atoms. The number of hydrogen-bond donors (Lipinski definition) is 2. The lowest BCUT2D eigenvalue weighted by Gasteiger charge is -2.24. The van der Waals surface area contributed by atoms with Gasteiger partial charge in [0.1, 0.15) is 23.7 Å². The zero-order valence-electron chi connectivity index (χ0n) is 16.0. The Morgan fingerprint density at radius 3 is 1.50 bits per heavy atom. The van der Waals surface area contributed by atoms with Crippen molar-refractivity contribution in [2.75, 3.05) is 26.2 Å². The van der Waals surface area contributed by atoms with Crippen molar-refractivity contribution in [3.63, 3.8) is 0 Å². The van der Waals surface area contributed by atoms with Gasteiger partial charge in [0.05, 0.1) is 0 Å². The van der Waals surface area contributed by atoms with Crippen LogP contribution < -0.4 is 20.1 Å². The molecule has 5 nitrogen and oxygen atoms in total. The highest BCUT2D eigenvalue weighted by Gasteiger charge is 2.28. The average Bonchev–Trinajstić information content (AvgIpc) is 3.01. The molecule has 2 fully saturated rings. The van der Waals surface area contributed by atoms with Gasteiger partial charge in [-0.1, -0.05) is 0 Å². The average molecular weight is 378 g/mol. The molecule has 0 unspecified atom stereocenters. The van der Waals surface area contributed by atoms with E-state index < -0.39 is 0 Å². The zero-order chi connectivity index (χ0) is 18.9. The molecule has 2 aliphatic heterocycles. The number of nitrogens with one attached hydrogen (secondary N) is 2. The Labute approximate surface area is 165 Å². The number of benzene rings is 2. The van der Waals surface area contributed by atoms with Crippen molar-refractivity contribution in [1.82, 2.24) is 10.6 Å². The highest BCUT2D eigenvalue weighted by atomic mass is 16.5. The van der Waals surface area contributed by atoms with Crippen LogP contribution in [0.2, 0.25) is 0 Å². The van der Waals surface area contributed by atoms with E-state index in [1.165, 1.54) is 0 Å². The SMILES string of the molecule is O=C1c2cc(OC3CCNCC3)ccc2-c2ccc(OC3CCNCC3)cc21. The van der Waals surface area contributed by atoms with Gasteiger partial charge >= 0.3 is 0 Å². The first-order valence-electron chi connectivity index (χ1n) is 10.4. The number of carbonyl (C=O) groups excluding carboxylic acids is 1. The van der Waals surface area contributed by atoms with E-state index in [9.17, 15) is 4.79 Å². The van der Waals surface area contributed by atoms with Crippen LogP contribution in [0.1, 0.15) is 41.6 Å². The molecule has 3 aliphatic rings. The molecular formula is C23H26N2O3. The molecule has 0 saturated carbocycles. The Morgan fingerprint density at radius 1 is 0.643 bits per heavy atom. The number of fused-ring (bicyclic) bond motifs is 3. The van der Waals surface area contributed by atoms with Crippen LogP contribution in [0.25, 0.3) is 11.1 Å². The molecule has 28 heavy (non-hydrogen) atoms. The Kier molecular flexibility index (Phi) is 4.79. The lowest BCUT2D eigenvalue weighted by Crippen LogP contribution is -2.34. The van der Waals surface area contributed by atoms with Gasteiger partial charge in [-0.3, -0.25) is 4.79 Å². The van der Waals surface area contributed by atoms with Crippen molar-refractivity contribution in [2.45, 2.75) is 37.9 Å². The fraction of sp³-hybridized carbons (Fsp3) is 0.435. The number of ether oxygens (including phenoxy) is 2. The molecule has 0 amide bonds. The molecule has 2 saturated heterocycles. The van der Waals surface area contributed by atoms with Crippen molar-refractivity contribution >= 4 is 5.78 Å². The van der Waals surface area contributed by atoms with Crippen molar-refractivity contribution in [3.05, 3.63) is 47.5 Å². The maximum atomic E-state index is 13.0. The van der Waals surface area contributed by atoms with E-state index >= 15 is 0 Å². The second kappa shape index (κ2) is 7.57. The molecular weight excluding hydrogens is 352 g/mol. The topological polar surface area (TPSA) is 59.6 Å². The van der Waals surface area contributed by atoms with Gasteiger partial charge in [-0.2, -0.15) is 0 Å². The molecule has 2 aromatic rings. The summed E-state index contributed by atoms with van der Waals surface area (Å²) >= 11 is 0. The van der Waals surface area contributed by atoms with Gasteiger partial charge in [-0.05, 0) is 99.4 Å². The minimum absolute atomic E-state index is 0.0662. The Balaban J connectivity index is 1.36. The number of hydrogen-bond acceptors (Lipinski definition) is 5. The summed E-state index contributed by atoms with van der Waals surface area (Å²) in [6.07, 6.45) is 4.46. The fourth-order valence-corrected chi connectivity index (χ4v) is 4.40. The number of rotatable bonds is 4. The van der Waals surface area contributed by atoms with E-state index in [0.717, 1.165) is 85.6 Å². The van der Waals surface area contributed by atoms with Gasteiger partial charge in [0.2, 0.25) is 0 Å². The van der Waals surface area contributed by atoms with E-state index in [1.807, 2.05) is 36.4 Å². The predicted octanol–water partition coefficient (Wildman–Crippen LogP) is 3.16. The first-order valence-corrected chi connectivity index (χ1v) is 10.4. The molecule has 0 aromatic heterocycles. The summed E-state index contributed by atoms with van der Waals surface area (Å²) in [5.74, 6) is 1.65. The van der Waals surface area contributed by atoms with Gasteiger partial charge in [0, 0.05) is 11.1 Å². The summed E-state index contributed by atoms with van der Waals surface area (Å²) in [5.41, 5.74) is 3.46. The van der Waals surface area contributed by atoms with Crippen LogP contribution in [0.15, 0.2) is 36.4 Å². The van der Waals surface area contributed by atoms with Crippen molar-refractivity contribution in [3.8, 4) is 22.6 Å². The smallest absolute Gasteiger partial charge is 0.194 e. The van der Waals surface area contributed by atoms with Gasteiger partial charge in [-0.25, -0.2) is 0 Å². The minimum Gasteiger partial charge on any atom is -0.490 e. The van der Waals surface area contributed by atoms with Crippen LogP contribution >= 0.6 is 0 Å². The monoisotopic (exact) mass is 378 g/mol. The van der Waals surface area contributed by atoms with Crippen LogP contribution in [0.5, 0.6) is 11.5 Å². The summed E-state index contributed by atoms with van der Waals surface area (Å²) in [6.45, 7) is 3.94. The standard InChI is InChI=1S/C23H26N2O3/c26-23-21-13-17(27-15-5-9-24-10-6-15)1-3-19(21)20-4-2-18(14-22(20)23)28-16-7-11-25-12-8-16/h1-4,13-16,24-25H,5-12H2. The maximum absolute atomic E-state index is 13.0. The molecule has 0 spiro atoms. The highest BCUT2D eigenvalue weighted by Crippen LogP contribution is 2.40. The molecule has 2 aromatic carbocycles. The quantitative estimate of drug-likeness (QED) is 0.730. The van der Waals surface area contributed by atoms with Gasteiger partial charge < -0.3 is 20.1 Å². The van der Waals surface area contributed by atoms with E-state index in [4.69, 9.17) is 9.47 Å². The minimum atomic E-state index is 0.0662. The molecule has 1 aliphatic carbocycles. The largest absolute Gasteiger partial charge is 0.490 e. The zero-order valence-corrected chi connectivity index (χ0v) is 16.0. The third kappa shape index (κ3) is 3.40. The number of ketones is 1. The molecule has 5 heteroatoms. The second-order valence-electron chi connectivity index (χ2n) is 7.88. The molecule has 146 valence electrons. The molecule has 0 atom stereocenters. The lowest BCUT2D eigenvalue weighted by atomic mass is 10.1. The lowest BCUT2D eigenvalue weighted by molar-refractivity contribution is 0.104. The van der Waals surface area contributed by atoms with Crippen LogP contribution in [0, 0.1) is 0 Å². The summed E-state index contributed by atoms with van der Waals surface area (Å²) in [6, 6.07) is 11.8. The van der Waals surface area contributed by atoms with Crippen LogP contribution in [0.3, 0.4) is 0 Å². The first kappa shape index (κ1) is 17.7. The Hall–Kier alpha value is -2.37.